The number of nitrogens with zero attached hydrogens (tertiary/aromatic N) is 4. The third-order valence-corrected chi connectivity index (χ3v) is 5.60. The molecule has 2 saturated heterocycles. The zero-order valence-electron chi connectivity index (χ0n) is 17.0. The van der Waals surface area contributed by atoms with Gasteiger partial charge in [0.2, 0.25) is 0 Å². The van der Waals surface area contributed by atoms with Gasteiger partial charge in [-0.3, -0.25) is 24.0 Å². The maximum Gasteiger partial charge on any atom is 0.329 e. The Balaban J connectivity index is 1.61. The Morgan fingerprint density at radius 3 is 2.21 bits per heavy atom. The topological polar surface area (TPSA) is 125 Å². The highest BCUT2D eigenvalue weighted by Gasteiger charge is 2.28. The third-order valence-electron chi connectivity index (χ3n) is 5.60. The summed E-state index contributed by atoms with van der Waals surface area (Å²) in [4.78, 5) is 57.2. The van der Waals surface area contributed by atoms with Crippen LogP contribution in [0.5, 0.6) is 0 Å². The molecule has 1 aromatic rings. The summed E-state index contributed by atoms with van der Waals surface area (Å²) in [5.74, 6) is -0.492. The smallest absolute Gasteiger partial charge is 0.329 e. The van der Waals surface area contributed by atoms with Crippen LogP contribution in [0.3, 0.4) is 0 Å². The van der Waals surface area contributed by atoms with E-state index in [0.29, 0.717) is 39.1 Å². The Hall–Kier alpha value is -2.62. The van der Waals surface area contributed by atoms with Crippen LogP contribution in [-0.2, 0) is 6.54 Å². The van der Waals surface area contributed by atoms with Crippen molar-refractivity contribution in [3.63, 3.8) is 0 Å². The van der Waals surface area contributed by atoms with E-state index in [1.54, 1.807) is 0 Å². The van der Waals surface area contributed by atoms with E-state index in [9.17, 15) is 19.2 Å². The number of urea groups is 1. The van der Waals surface area contributed by atoms with Crippen LogP contribution < -0.4 is 17.0 Å². The maximum atomic E-state index is 12.7. The van der Waals surface area contributed by atoms with Crippen LogP contribution in [-0.4, -0.2) is 81.9 Å². The number of ketones is 1. The first-order chi connectivity index (χ1) is 13.9. The number of nitrogens with one attached hydrogen (secondary N) is 1. The fourth-order valence-electron chi connectivity index (χ4n) is 3.97. The fourth-order valence-corrected chi connectivity index (χ4v) is 3.97. The summed E-state index contributed by atoms with van der Waals surface area (Å²) in [5.41, 5.74) is 4.46. The number of rotatable bonds is 5. The second kappa shape index (κ2) is 9.25. The van der Waals surface area contributed by atoms with Gasteiger partial charge >= 0.3 is 11.7 Å². The molecule has 0 bridgehead atoms. The van der Waals surface area contributed by atoms with Gasteiger partial charge in [0, 0.05) is 45.8 Å². The second-order valence-electron chi connectivity index (χ2n) is 7.69. The SMILES string of the molecule is CCCn1c(N)c(C(=O)CN2CCN(C(=O)N3CCCCC3)CC2)c(=O)[nH]c1=O. The molecule has 3 heterocycles. The lowest BCUT2D eigenvalue weighted by Gasteiger charge is -2.38. The number of nitrogens with two attached hydrogens (primary N) is 1. The molecule has 10 heteroatoms. The number of hydrogen-bond acceptors (Lipinski definition) is 6. The number of carbonyl (C=O) groups is 2. The van der Waals surface area contributed by atoms with Crippen molar-refractivity contribution in [1.82, 2.24) is 24.3 Å². The first-order valence-electron chi connectivity index (χ1n) is 10.3. The Kier molecular flexibility index (Phi) is 6.73. The molecule has 0 spiro atoms. The van der Waals surface area contributed by atoms with Gasteiger partial charge in [0.15, 0.2) is 5.78 Å². The van der Waals surface area contributed by atoms with E-state index in [4.69, 9.17) is 5.73 Å². The van der Waals surface area contributed by atoms with Crippen LogP contribution >= 0.6 is 0 Å². The average molecular weight is 406 g/mol. The summed E-state index contributed by atoms with van der Waals surface area (Å²) < 4.78 is 1.23. The van der Waals surface area contributed by atoms with E-state index >= 15 is 0 Å². The van der Waals surface area contributed by atoms with Crippen molar-refractivity contribution < 1.29 is 9.59 Å². The van der Waals surface area contributed by atoms with E-state index in [0.717, 1.165) is 25.9 Å². The van der Waals surface area contributed by atoms with Gasteiger partial charge < -0.3 is 15.5 Å². The molecule has 0 aromatic carbocycles. The van der Waals surface area contributed by atoms with Crippen molar-refractivity contribution in [2.45, 2.75) is 39.2 Å². The van der Waals surface area contributed by atoms with Gasteiger partial charge in [-0.25, -0.2) is 9.59 Å². The Morgan fingerprint density at radius 1 is 0.966 bits per heavy atom. The van der Waals surface area contributed by atoms with E-state index in [2.05, 4.69) is 4.98 Å². The number of carbonyl (C=O) groups excluding carboxylic acids is 2. The number of aromatic amines is 1. The molecule has 0 unspecified atom stereocenters. The molecule has 2 amide bonds. The molecule has 29 heavy (non-hydrogen) atoms. The summed E-state index contributed by atoms with van der Waals surface area (Å²) in [6.07, 6.45) is 3.93. The molecule has 3 rings (SSSR count). The number of likely N-dealkylation sites (tertiary alicyclic amines) is 1. The van der Waals surface area contributed by atoms with E-state index in [-0.39, 0.29) is 24.0 Å². The summed E-state index contributed by atoms with van der Waals surface area (Å²) in [5, 5.41) is 0. The van der Waals surface area contributed by atoms with Crippen molar-refractivity contribution in [2.75, 3.05) is 51.5 Å². The minimum Gasteiger partial charge on any atom is -0.384 e. The number of amides is 2. The zero-order chi connectivity index (χ0) is 21.0. The van der Waals surface area contributed by atoms with Crippen molar-refractivity contribution in [3.8, 4) is 0 Å². The van der Waals surface area contributed by atoms with Crippen molar-refractivity contribution in [2.24, 2.45) is 0 Å². The van der Waals surface area contributed by atoms with Gasteiger partial charge in [0.25, 0.3) is 5.56 Å². The average Bonchev–Trinajstić information content (AvgIpc) is 2.71. The van der Waals surface area contributed by atoms with Gasteiger partial charge in [0.1, 0.15) is 11.4 Å². The summed E-state index contributed by atoms with van der Waals surface area (Å²) in [6, 6.07) is 0.0722. The van der Waals surface area contributed by atoms with Crippen LogP contribution in [0, 0.1) is 0 Å². The quantitative estimate of drug-likeness (QED) is 0.660. The van der Waals surface area contributed by atoms with Crippen molar-refractivity contribution >= 4 is 17.6 Å². The van der Waals surface area contributed by atoms with Gasteiger partial charge in [-0.15, -0.1) is 0 Å². The number of hydrogen-bond donors (Lipinski definition) is 2. The predicted octanol–water partition coefficient (Wildman–Crippen LogP) is -0.0650. The first kappa shape index (κ1) is 21.1. The second-order valence-corrected chi connectivity index (χ2v) is 7.69. The Morgan fingerprint density at radius 2 is 1.59 bits per heavy atom. The fraction of sp³-hybridized carbons (Fsp3) is 0.684. The number of aromatic nitrogens is 2. The lowest BCUT2D eigenvalue weighted by atomic mass is 10.1. The Labute approximate surface area is 169 Å². The minimum atomic E-state index is -0.747. The molecular formula is C19H30N6O4. The molecule has 2 aliphatic heterocycles. The van der Waals surface area contributed by atoms with Crippen LogP contribution in [0.25, 0.3) is 0 Å². The van der Waals surface area contributed by atoms with Crippen LogP contribution in [0.15, 0.2) is 9.59 Å². The largest absolute Gasteiger partial charge is 0.384 e. The molecule has 0 saturated carbocycles. The first-order valence-corrected chi connectivity index (χ1v) is 10.3. The summed E-state index contributed by atoms with van der Waals surface area (Å²) >= 11 is 0. The summed E-state index contributed by atoms with van der Waals surface area (Å²) in [6.45, 7) is 6.06. The lowest BCUT2D eigenvalue weighted by Crippen LogP contribution is -2.54. The van der Waals surface area contributed by atoms with E-state index in [1.807, 2.05) is 21.6 Å². The van der Waals surface area contributed by atoms with Crippen LogP contribution in [0.2, 0.25) is 0 Å². The lowest BCUT2D eigenvalue weighted by molar-refractivity contribution is 0.0839. The minimum absolute atomic E-state index is 0.0311. The molecule has 0 radical (unpaired) electrons. The maximum absolute atomic E-state index is 12.7. The molecule has 2 fully saturated rings. The predicted molar refractivity (Wildman–Crippen MR) is 109 cm³/mol. The monoisotopic (exact) mass is 406 g/mol. The molecule has 1 aromatic heterocycles. The number of Topliss-reactive ketones (excluding diaryl/α,β-unsaturated/α-hetero) is 1. The Bertz CT molecular complexity index is 862. The van der Waals surface area contributed by atoms with Gasteiger partial charge in [-0.2, -0.15) is 0 Å². The number of H-pyrrole nitrogens is 1. The number of piperazine rings is 1. The molecule has 0 aliphatic carbocycles. The number of anilines is 1. The third kappa shape index (κ3) is 4.69. The van der Waals surface area contributed by atoms with Gasteiger partial charge in [0.05, 0.1) is 6.54 Å². The molecule has 10 nitrogen and oxygen atoms in total. The standard InChI is InChI=1S/C19H30N6O4/c1-2-6-25-16(20)15(17(27)21-18(25)28)14(26)13-22-9-11-24(12-10-22)19(29)23-7-4-3-5-8-23/h2-13,20H2,1H3,(H,21,27,28). The van der Waals surface area contributed by atoms with Crippen LogP contribution in [0.4, 0.5) is 10.6 Å². The molecular weight excluding hydrogens is 376 g/mol. The van der Waals surface area contributed by atoms with Crippen LogP contribution in [0.1, 0.15) is 43.0 Å². The van der Waals surface area contributed by atoms with Crippen molar-refractivity contribution in [1.29, 1.82) is 0 Å². The van der Waals surface area contributed by atoms with E-state index in [1.165, 1.54) is 11.0 Å². The molecule has 0 atom stereocenters. The zero-order valence-corrected chi connectivity index (χ0v) is 17.0. The molecule has 160 valence electrons. The van der Waals surface area contributed by atoms with E-state index < -0.39 is 17.0 Å². The summed E-state index contributed by atoms with van der Waals surface area (Å²) in [7, 11) is 0. The molecule has 3 N–H and O–H groups in total. The highest BCUT2D eigenvalue weighted by atomic mass is 16.2. The van der Waals surface area contributed by atoms with Gasteiger partial charge in [-0.1, -0.05) is 6.92 Å². The highest BCUT2D eigenvalue weighted by Crippen LogP contribution is 2.14. The normalized spacial score (nSPS) is 18.1. The van der Waals surface area contributed by atoms with Crippen molar-refractivity contribution in [3.05, 3.63) is 26.4 Å². The number of piperidine rings is 1. The van der Waals surface area contributed by atoms with Gasteiger partial charge in [-0.05, 0) is 25.7 Å². The number of nitrogen functional groups attached to an aromatic ring is 1. The highest BCUT2D eigenvalue weighted by molar-refractivity contribution is 6.01. The molecule has 2 aliphatic rings.